The number of nitrogens with zero attached hydrogens (tertiary/aromatic N) is 3. The van der Waals surface area contributed by atoms with Crippen LogP contribution in [0.2, 0.25) is 0 Å². The molecule has 2 aliphatic heterocycles. The fourth-order valence-corrected chi connectivity index (χ4v) is 4.07. The maximum absolute atomic E-state index is 12.8. The quantitative estimate of drug-likeness (QED) is 0.546. The van der Waals surface area contributed by atoms with Gasteiger partial charge in [-0.2, -0.15) is 13.2 Å². The van der Waals surface area contributed by atoms with Gasteiger partial charge in [-0.05, 0) is 31.2 Å². The fourth-order valence-electron chi connectivity index (χ4n) is 4.07. The van der Waals surface area contributed by atoms with E-state index in [1.165, 1.54) is 6.07 Å². The van der Waals surface area contributed by atoms with E-state index < -0.39 is 18.4 Å². The second-order valence-corrected chi connectivity index (χ2v) is 8.95. The van der Waals surface area contributed by atoms with Crippen LogP contribution in [0.3, 0.4) is 0 Å². The number of carbonyl (C=O) groups is 1. The first-order valence-corrected chi connectivity index (χ1v) is 11.5. The summed E-state index contributed by atoms with van der Waals surface area (Å²) in [4.78, 5) is 16.7. The molecule has 1 aromatic carbocycles. The zero-order valence-electron chi connectivity index (χ0n) is 20.3. The summed E-state index contributed by atoms with van der Waals surface area (Å²) in [6, 6.07) is 10.6. The molecule has 3 heterocycles. The Kier molecular flexibility index (Phi) is 6.96. The number of anilines is 1. The average Bonchev–Trinajstić information content (AvgIpc) is 3.19. The molecule has 190 valence electrons. The lowest BCUT2D eigenvalue weighted by atomic mass is 10.0. The molecule has 0 saturated heterocycles. The molecule has 0 spiro atoms. The number of hydrogen-bond acceptors (Lipinski definition) is 5. The number of halogens is 3. The van der Waals surface area contributed by atoms with E-state index in [1.54, 1.807) is 42.8 Å². The molecule has 7 nitrogen and oxygen atoms in total. The number of benzene rings is 1. The van der Waals surface area contributed by atoms with Crippen LogP contribution in [0.1, 0.15) is 12.5 Å². The van der Waals surface area contributed by atoms with Gasteiger partial charge in [0.05, 0.1) is 12.2 Å². The molecular weight excluding hydrogens is 471 g/mol. The van der Waals surface area contributed by atoms with Crippen LogP contribution >= 0.6 is 0 Å². The van der Waals surface area contributed by atoms with Crippen LogP contribution in [0, 0.1) is 0 Å². The SMILES string of the molecule is CN(C)c1cc[n+](CCNC(=O)C2=CC3(C)NC=C(c4ccccc4OCC(F)(F)F)N3C=C2)cc1. The molecule has 2 aliphatic rings. The van der Waals surface area contributed by atoms with Crippen molar-refractivity contribution in [1.82, 2.24) is 15.5 Å². The Balaban J connectivity index is 1.39. The molecule has 0 aliphatic carbocycles. The highest BCUT2D eigenvalue weighted by molar-refractivity contribution is 5.97. The molecule has 4 rings (SSSR count). The van der Waals surface area contributed by atoms with Crippen LogP contribution in [0.5, 0.6) is 5.75 Å². The number of pyridine rings is 1. The maximum Gasteiger partial charge on any atom is 0.422 e. The van der Waals surface area contributed by atoms with E-state index in [0.717, 1.165) is 5.69 Å². The minimum Gasteiger partial charge on any atom is -0.483 e. The summed E-state index contributed by atoms with van der Waals surface area (Å²) in [5, 5.41) is 6.17. The molecule has 1 unspecified atom stereocenters. The van der Waals surface area contributed by atoms with Gasteiger partial charge in [0, 0.05) is 55.5 Å². The third kappa shape index (κ3) is 5.64. The summed E-state index contributed by atoms with van der Waals surface area (Å²) in [6.45, 7) is 1.59. The van der Waals surface area contributed by atoms with Crippen molar-refractivity contribution >= 4 is 17.3 Å². The smallest absolute Gasteiger partial charge is 0.422 e. The van der Waals surface area contributed by atoms with Crippen LogP contribution < -0.4 is 24.8 Å². The minimum absolute atomic E-state index is 0.129. The molecule has 1 atom stereocenters. The van der Waals surface area contributed by atoms with Crippen molar-refractivity contribution in [3.8, 4) is 5.75 Å². The van der Waals surface area contributed by atoms with E-state index in [9.17, 15) is 18.0 Å². The third-order valence-electron chi connectivity index (χ3n) is 5.96. The number of hydrogen-bond donors (Lipinski definition) is 2. The summed E-state index contributed by atoms with van der Waals surface area (Å²) in [5.41, 5.74) is 1.98. The number of rotatable bonds is 8. The van der Waals surface area contributed by atoms with Crippen LogP contribution in [-0.2, 0) is 11.3 Å². The summed E-state index contributed by atoms with van der Waals surface area (Å²) < 4.78 is 45.2. The molecule has 0 bridgehead atoms. The number of nitrogens with one attached hydrogen (secondary N) is 2. The van der Waals surface area contributed by atoms with E-state index >= 15 is 0 Å². The van der Waals surface area contributed by atoms with Crippen molar-refractivity contribution in [1.29, 1.82) is 0 Å². The molecule has 2 aromatic rings. The van der Waals surface area contributed by atoms with Crippen LogP contribution in [0.4, 0.5) is 18.9 Å². The summed E-state index contributed by atoms with van der Waals surface area (Å²) in [6.07, 6.45) is 6.44. The second kappa shape index (κ2) is 9.96. The lowest BCUT2D eigenvalue weighted by Gasteiger charge is -2.37. The number of ether oxygens (including phenoxy) is 1. The first kappa shape index (κ1) is 25.2. The van der Waals surface area contributed by atoms with Gasteiger partial charge in [0.25, 0.3) is 5.91 Å². The Hall–Kier alpha value is -3.95. The molecular formula is C26H29F3N5O2+. The second-order valence-electron chi connectivity index (χ2n) is 8.95. The van der Waals surface area contributed by atoms with E-state index in [4.69, 9.17) is 4.74 Å². The summed E-state index contributed by atoms with van der Waals surface area (Å²) in [5.74, 6) is -0.0778. The van der Waals surface area contributed by atoms with Crippen molar-refractivity contribution in [3.05, 3.63) is 84.5 Å². The van der Waals surface area contributed by atoms with E-state index in [2.05, 4.69) is 10.6 Å². The lowest BCUT2D eigenvalue weighted by Crippen LogP contribution is -2.47. The van der Waals surface area contributed by atoms with Gasteiger partial charge < -0.3 is 25.2 Å². The predicted octanol–water partition coefficient (Wildman–Crippen LogP) is 3.17. The fraction of sp³-hybridized carbons (Fsp3) is 0.308. The highest BCUT2D eigenvalue weighted by atomic mass is 19.4. The lowest BCUT2D eigenvalue weighted by molar-refractivity contribution is -0.694. The number of para-hydroxylation sites is 1. The van der Waals surface area contributed by atoms with Gasteiger partial charge in [-0.15, -0.1) is 0 Å². The normalized spacial score (nSPS) is 18.7. The van der Waals surface area contributed by atoms with Crippen molar-refractivity contribution in [2.75, 3.05) is 32.1 Å². The minimum atomic E-state index is -4.44. The largest absolute Gasteiger partial charge is 0.483 e. The number of carbonyl (C=O) groups excluding carboxylic acids is 1. The van der Waals surface area contributed by atoms with Gasteiger partial charge >= 0.3 is 6.18 Å². The Labute approximate surface area is 208 Å². The predicted molar refractivity (Wildman–Crippen MR) is 131 cm³/mol. The van der Waals surface area contributed by atoms with Gasteiger partial charge in [0.2, 0.25) is 0 Å². The van der Waals surface area contributed by atoms with E-state index in [-0.39, 0.29) is 11.7 Å². The molecule has 10 heteroatoms. The number of aromatic nitrogens is 1. The van der Waals surface area contributed by atoms with Crippen LogP contribution in [0.25, 0.3) is 5.70 Å². The molecule has 0 fully saturated rings. The first-order chi connectivity index (χ1) is 17.1. The number of amides is 1. The third-order valence-corrected chi connectivity index (χ3v) is 5.96. The zero-order chi connectivity index (χ0) is 25.9. The summed E-state index contributed by atoms with van der Waals surface area (Å²) in [7, 11) is 3.95. The highest BCUT2D eigenvalue weighted by Crippen LogP contribution is 2.39. The van der Waals surface area contributed by atoms with Crippen molar-refractivity contribution in [2.24, 2.45) is 0 Å². The number of fused-ring (bicyclic) bond motifs is 1. The van der Waals surface area contributed by atoms with Crippen molar-refractivity contribution in [2.45, 2.75) is 25.3 Å². The average molecular weight is 501 g/mol. The van der Waals surface area contributed by atoms with Crippen molar-refractivity contribution in [3.63, 3.8) is 0 Å². The van der Waals surface area contributed by atoms with Crippen LogP contribution in [0.15, 0.2) is 78.9 Å². The summed E-state index contributed by atoms with van der Waals surface area (Å²) >= 11 is 0. The Morgan fingerprint density at radius 2 is 1.92 bits per heavy atom. The van der Waals surface area contributed by atoms with Gasteiger partial charge in [0.1, 0.15) is 11.4 Å². The molecule has 2 N–H and O–H groups in total. The van der Waals surface area contributed by atoms with Gasteiger partial charge in [0.15, 0.2) is 25.5 Å². The van der Waals surface area contributed by atoms with Gasteiger partial charge in [-0.3, -0.25) is 4.79 Å². The first-order valence-electron chi connectivity index (χ1n) is 11.5. The van der Waals surface area contributed by atoms with Gasteiger partial charge in [-0.1, -0.05) is 12.1 Å². The monoisotopic (exact) mass is 500 g/mol. The maximum atomic E-state index is 12.8. The van der Waals surface area contributed by atoms with Crippen molar-refractivity contribution < 1.29 is 27.3 Å². The van der Waals surface area contributed by atoms with E-state index in [1.807, 2.05) is 59.9 Å². The zero-order valence-corrected chi connectivity index (χ0v) is 20.3. The standard InChI is InChI=1S/C26H28F3N5O2/c1-25-16-19(24(35)30-11-15-33-12-9-20(10-13-33)32(2)3)8-14-34(25)22(17-31-25)21-6-4-5-7-23(21)36-18-26(27,28)29/h4-10,12-14,16-17,31H,11,15,18H2,1-3H3/p+1. The Morgan fingerprint density at radius 1 is 1.19 bits per heavy atom. The van der Waals surface area contributed by atoms with Crippen LogP contribution in [-0.4, -0.2) is 49.9 Å². The molecule has 0 saturated carbocycles. The Bertz CT molecular complexity index is 1200. The number of alkyl halides is 3. The topological polar surface area (TPSA) is 60.7 Å². The van der Waals surface area contributed by atoms with Gasteiger partial charge in [-0.25, -0.2) is 4.57 Å². The molecule has 36 heavy (non-hydrogen) atoms. The highest BCUT2D eigenvalue weighted by Gasteiger charge is 2.39. The molecule has 1 aromatic heterocycles. The Morgan fingerprint density at radius 3 is 2.61 bits per heavy atom. The van der Waals surface area contributed by atoms with E-state index in [0.29, 0.717) is 29.9 Å². The molecule has 1 amide bonds. The molecule has 0 radical (unpaired) electrons.